The number of benzene rings is 2. The zero-order valence-electron chi connectivity index (χ0n) is 18.8. The summed E-state index contributed by atoms with van der Waals surface area (Å²) in [5, 5.41) is 0.733. The van der Waals surface area contributed by atoms with Gasteiger partial charge in [-0.15, -0.1) is 11.8 Å². The summed E-state index contributed by atoms with van der Waals surface area (Å²) in [6.07, 6.45) is 0. The van der Waals surface area contributed by atoms with Gasteiger partial charge in [0.25, 0.3) is 5.91 Å². The lowest BCUT2D eigenvalue weighted by atomic mass is 10.2. The van der Waals surface area contributed by atoms with E-state index < -0.39 is 0 Å². The van der Waals surface area contributed by atoms with Crippen LogP contribution in [0.4, 0.5) is 5.13 Å². The first-order valence-electron chi connectivity index (χ1n) is 10.9. The van der Waals surface area contributed by atoms with Crippen molar-refractivity contribution in [3.05, 3.63) is 48.0 Å². The second kappa shape index (κ2) is 11.5. The second-order valence-electron chi connectivity index (χ2n) is 6.97. The lowest BCUT2D eigenvalue weighted by Gasteiger charge is -2.25. The summed E-state index contributed by atoms with van der Waals surface area (Å²) >= 11 is 3.24. The van der Waals surface area contributed by atoms with E-state index in [0.29, 0.717) is 13.2 Å². The number of hydrogen-bond acceptors (Lipinski definition) is 6. The molecule has 1 heterocycles. The number of likely N-dealkylation sites (N-methyl/N-ethyl adjacent to an activating group) is 1. The summed E-state index contributed by atoms with van der Waals surface area (Å²) in [5.41, 5.74) is 1.63. The highest BCUT2D eigenvalue weighted by molar-refractivity contribution is 7.99. The first-order valence-corrected chi connectivity index (χ1v) is 12.7. The molecule has 0 aliphatic heterocycles. The quantitative estimate of drug-likeness (QED) is 0.341. The molecule has 0 saturated heterocycles. The molecule has 0 saturated carbocycles. The maximum Gasteiger partial charge on any atom is 0.261 e. The predicted octanol–water partition coefficient (Wildman–Crippen LogP) is 5.80. The maximum atomic E-state index is 13.7. The molecule has 1 amide bonds. The van der Waals surface area contributed by atoms with Crippen molar-refractivity contribution in [3.63, 3.8) is 0 Å². The van der Waals surface area contributed by atoms with Crippen LogP contribution in [0.25, 0.3) is 10.2 Å². The second-order valence-corrected chi connectivity index (χ2v) is 9.29. The van der Waals surface area contributed by atoms with Crippen molar-refractivity contribution in [2.75, 3.05) is 43.4 Å². The lowest BCUT2D eigenvalue weighted by Crippen LogP contribution is -2.39. The minimum Gasteiger partial charge on any atom is -0.494 e. The molecule has 0 aliphatic rings. The number of aromatic nitrogens is 1. The summed E-state index contributed by atoms with van der Waals surface area (Å²) in [4.78, 5) is 23.7. The molecule has 0 bridgehead atoms. The maximum absolute atomic E-state index is 13.7. The van der Waals surface area contributed by atoms with Crippen LogP contribution < -0.4 is 9.64 Å². The number of rotatable bonds is 11. The average Bonchev–Trinajstić information content (AvgIpc) is 3.20. The van der Waals surface area contributed by atoms with Gasteiger partial charge in [-0.2, -0.15) is 0 Å². The molecule has 3 rings (SSSR count). The highest BCUT2D eigenvalue weighted by Gasteiger charge is 2.24. The van der Waals surface area contributed by atoms with Crippen LogP contribution in [0.15, 0.2) is 47.4 Å². The van der Waals surface area contributed by atoms with E-state index >= 15 is 0 Å². The van der Waals surface area contributed by atoms with Crippen LogP contribution in [-0.4, -0.2) is 54.3 Å². The first kappa shape index (κ1) is 23.6. The Kier molecular flexibility index (Phi) is 8.75. The molecule has 0 N–H and O–H groups in total. The van der Waals surface area contributed by atoms with Crippen LogP contribution >= 0.6 is 23.1 Å². The highest BCUT2D eigenvalue weighted by atomic mass is 32.2. The van der Waals surface area contributed by atoms with Crippen molar-refractivity contribution in [3.8, 4) is 5.75 Å². The fraction of sp³-hybridized carbons (Fsp3) is 0.417. The summed E-state index contributed by atoms with van der Waals surface area (Å²) in [7, 11) is 0. The van der Waals surface area contributed by atoms with Gasteiger partial charge >= 0.3 is 0 Å². The third kappa shape index (κ3) is 5.79. The molecule has 1 aromatic heterocycles. The first-order chi connectivity index (χ1) is 15.1. The Labute approximate surface area is 193 Å². The van der Waals surface area contributed by atoms with E-state index in [1.165, 1.54) is 0 Å². The van der Waals surface area contributed by atoms with Crippen molar-refractivity contribution < 1.29 is 9.53 Å². The number of fused-ring (bicyclic) bond motifs is 1. The Morgan fingerprint density at radius 3 is 2.55 bits per heavy atom. The zero-order valence-corrected chi connectivity index (χ0v) is 20.4. The molecule has 0 unspecified atom stereocenters. The summed E-state index contributed by atoms with van der Waals surface area (Å²) in [6, 6.07) is 13.8. The van der Waals surface area contributed by atoms with Crippen molar-refractivity contribution in [2.45, 2.75) is 32.6 Å². The minimum atomic E-state index is 0.00722. The molecule has 7 heteroatoms. The number of thioether (sulfide) groups is 1. The molecular formula is C24H31N3O2S2. The van der Waals surface area contributed by atoms with Crippen molar-refractivity contribution >= 4 is 44.4 Å². The molecule has 0 spiro atoms. The van der Waals surface area contributed by atoms with Gasteiger partial charge < -0.3 is 9.64 Å². The molecule has 31 heavy (non-hydrogen) atoms. The van der Waals surface area contributed by atoms with Crippen LogP contribution in [0.1, 0.15) is 38.1 Å². The van der Waals surface area contributed by atoms with Crippen molar-refractivity contribution in [2.24, 2.45) is 0 Å². The summed E-state index contributed by atoms with van der Waals surface area (Å²) in [6.45, 7) is 12.3. The van der Waals surface area contributed by atoms with E-state index in [1.807, 2.05) is 54.3 Å². The van der Waals surface area contributed by atoms with E-state index in [4.69, 9.17) is 9.72 Å². The fourth-order valence-electron chi connectivity index (χ4n) is 3.40. The molecular weight excluding hydrogens is 426 g/mol. The van der Waals surface area contributed by atoms with Gasteiger partial charge in [0.1, 0.15) is 5.75 Å². The average molecular weight is 458 g/mol. The number of hydrogen-bond donors (Lipinski definition) is 0. The number of amides is 1. The van der Waals surface area contributed by atoms with Gasteiger partial charge in [0, 0.05) is 18.0 Å². The number of thiazole rings is 1. The SMILES string of the molecule is CCOc1ccc2nc(N(CCN(CC)CC)C(=O)c3ccccc3SCC)sc2c1. The van der Waals surface area contributed by atoms with Crippen LogP contribution in [0.2, 0.25) is 0 Å². The third-order valence-corrected chi connectivity index (χ3v) is 7.08. The monoisotopic (exact) mass is 457 g/mol. The fourth-order valence-corrected chi connectivity index (χ4v) is 5.22. The Morgan fingerprint density at radius 2 is 1.84 bits per heavy atom. The van der Waals surface area contributed by atoms with Gasteiger partial charge in [-0.25, -0.2) is 4.98 Å². The topological polar surface area (TPSA) is 45.7 Å². The Hall–Kier alpha value is -2.09. The summed E-state index contributed by atoms with van der Waals surface area (Å²) in [5.74, 6) is 1.76. The van der Waals surface area contributed by atoms with E-state index in [1.54, 1.807) is 23.1 Å². The predicted molar refractivity (Wildman–Crippen MR) is 133 cm³/mol. The molecule has 0 radical (unpaired) electrons. The lowest BCUT2D eigenvalue weighted by molar-refractivity contribution is 0.0981. The van der Waals surface area contributed by atoms with Crippen LogP contribution in [0.5, 0.6) is 5.75 Å². The molecule has 0 aliphatic carbocycles. The molecule has 5 nitrogen and oxygen atoms in total. The Bertz CT molecular complexity index is 1000. The van der Waals surface area contributed by atoms with Gasteiger partial charge in [0.2, 0.25) is 0 Å². The van der Waals surface area contributed by atoms with Gasteiger partial charge in [0.15, 0.2) is 5.13 Å². The van der Waals surface area contributed by atoms with Gasteiger partial charge in [-0.05, 0) is 56.1 Å². The van der Waals surface area contributed by atoms with Crippen LogP contribution in [-0.2, 0) is 0 Å². The number of carbonyl (C=O) groups is 1. The number of ether oxygens (including phenoxy) is 1. The van der Waals surface area contributed by atoms with Gasteiger partial charge in [-0.3, -0.25) is 9.69 Å². The summed E-state index contributed by atoms with van der Waals surface area (Å²) < 4.78 is 6.67. The minimum absolute atomic E-state index is 0.00722. The highest BCUT2D eigenvalue weighted by Crippen LogP contribution is 2.33. The van der Waals surface area contributed by atoms with Crippen molar-refractivity contribution in [1.29, 1.82) is 0 Å². The smallest absolute Gasteiger partial charge is 0.261 e. The third-order valence-electron chi connectivity index (χ3n) is 5.09. The van der Waals surface area contributed by atoms with Crippen LogP contribution in [0.3, 0.4) is 0 Å². The zero-order chi connectivity index (χ0) is 22.2. The van der Waals surface area contributed by atoms with Crippen LogP contribution in [0, 0.1) is 0 Å². The Morgan fingerprint density at radius 1 is 1.06 bits per heavy atom. The Balaban J connectivity index is 1.98. The molecule has 166 valence electrons. The number of nitrogens with zero attached hydrogens (tertiary/aromatic N) is 3. The molecule has 0 atom stereocenters. The number of carbonyl (C=O) groups excluding carboxylic acids is 1. The van der Waals surface area contributed by atoms with E-state index in [0.717, 1.165) is 56.9 Å². The van der Waals surface area contributed by atoms with Crippen molar-refractivity contribution in [1.82, 2.24) is 9.88 Å². The van der Waals surface area contributed by atoms with E-state index in [-0.39, 0.29) is 5.91 Å². The normalized spacial score (nSPS) is 11.3. The van der Waals surface area contributed by atoms with E-state index in [9.17, 15) is 4.79 Å². The molecule has 3 aromatic rings. The standard InChI is InChI=1S/C24H31N3O2S2/c1-5-26(6-2)15-16-27(23(28)19-11-9-10-12-21(19)30-8-4)24-25-20-14-13-18(29-7-3)17-22(20)31-24/h9-14,17H,5-8,15-16H2,1-4H3. The molecule has 0 fully saturated rings. The molecule has 2 aromatic carbocycles. The van der Waals surface area contributed by atoms with Gasteiger partial charge in [-0.1, -0.05) is 44.2 Å². The number of anilines is 1. The largest absolute Gasteiger partial charge is 0.494 e. The van der Waals surface area contributed by atoms with Gasteiger partial charge in [0.05, 0.1) is 22.4 Å². The van der Waals surface area contributed by atoms with E-state index in [2.05, 4.69) is 25.7 Å².